The molecule has 1 aromatic heterocycles. The normalized spacial score (nSPS) is 11.8. The molecule has 0 spiro atoms. The lowest BCUT2D eigenvalue weighted by Gasteiger charge is -2.08. The fraction of sp³-hybridized carbons (Fsp3) is 0.0667. The van der Waals surface area contributed by atoms with Crippen LogP contribution in [0.4, 0.5) is 5.69 Å². The minimum absolute atomic E-state index is 0.0505. The van der Waals surface area contributed by atoms with Gasteiger partial charge in [0.25, 0.3) is 5.91 Å². The molecule has 0 aliphatic heterocycles. The van der Waals surface area contributed by atoms with E-state index in [1.54, 1.807) is 25.1 Å². The Kier molecular flexibility index (Phi) is 3.83. The minimum Gasteiger partial charge on any atom is -0.397 e. The van der Waals surface area contributed by atoms with Gasteiger partial charge in [-0.3, -0.25) is 9.36 Å². The fourth-order valence-electron chi connectivity index (χ4n) is 2.48. The average Bonchev–Trinajstić information content (AvgIpc) is 2.83. The highest BCUT2D eigenvalue weighted by Gasteiger charge is 2.20. The lowest BCUT2D eigenvalue weighted by molar-refractivity contribution is 0.0962. The van der Waals surface area contributed by atoms with Crippen molar-refractivity contribution in [2.24, 2.45) is 5.14 Å². The van der Waals surface area contributed by atoms with Gasteiger partial charge in [0.05, 0.1) is 16.2 Å². The Balaban J connectivity index is 2.21. The first-order valence-corrected chi connectivity index (χ1v) is 8.73. The van der Waals surface area contributed by atoms with Crippen LogP contribution in [0.1, 0.15) is 16.2 Å². The molecule has 0 saturated carbocycles. The number of nitrogen functional groups attached to an aromatic ring is 1. The second-order valence-electron chi connectivity index (χ2n) is 5.20. The molecule has 0 amide bonds. The van der Waals surface area contributed by atoms with Crippen LogP contribution in [-0.4, -0.2) is 23.9 Å². The first kappa shape index (κ1) is 16.4. The maximum Gasteiger partial charge on any atom is 0.263 e. The molecule has 7 nitrogen and oxygen atoms in total. The highest BCUT2D eigenvalue weighted by Crippen LogP contribution is 2.25. The van der Waals surface area contributed by atoms with E-state index in [0.29, 0.717) is 22.5 Å². The van der Waals surface area contributed by atoms with Gasteiger partial charge in [0.1, 0.15) is 16.2 Å². The van der Waals surface area contributed by atoms with E-state index in [1.807, 2.05) is 0 Å². The second kappa shape index (κ2) is 5.59. The Morgan fingerprint density at radius 3 is 2.62 bits per heavy atom. The highest BCUT2D eigenvalue weighted by atomic mass is 35.5. The van der Waals surface area contributed by atoms with Gasteiger partial charge in [-0.15, -0.1) is 0 Å². The predicted molar refractivity (Wildman–Crippen MR) is 91.4 cm³/mol. The lowest BCUT2D eigenvalue weighted by atomic mass is 10.2. The molecular weight excluding hydrogens is 352 g/mol. The number of rotatable bonds is 2. The van der Waals surface area contributed by atoms with Crippen molar-refractivity contribution in [1.82, 2.24) is 9.55 Å². The van der Waals surface area contributed by atoms with Crippen LogP contribution >= 0.6 is 11.6 Å². The maximum atomic E-state index is 12.8. The maximum absolute atomic E-state index is 12.8. The number of carbonyl (C=O) groups is 1. The van der Waals surface area contributed by atoms with Gasteiger partial charge in [-0.25, -0.2) is 18.5 Å². The number of primary sulfonamides is 1. The van der Waals surface area contributed by atoms with E-state index in [0.717, 1.165) is 6.07 Å². The van der Waals surface area contributed by atoms with Gasteiger partial charge in [0.15, 0.2) is 0 Å². The van der Waals surface area contributed by atoms with Crippen molar-refractivity contribution in [2.45, 2.75) is 11.8 Å². The summed E-state index contributed by atoms with van der Waals surface area (Å²) in [7, 11) is -4.05. The minimum atomic E-state index is -4.05. The molecule has 1 heterocycles. The summed E-state index contributed by atoms with van der Waals surface area (Å²) in [6.07, 6.45) is 0. The third-order valence-corrected chi connectivity index (χ3v) is 4.96. The van der Waals surface area contributed by atoms with Gasteiger partial charge >= 0.3 is 0 Å². The Bertz CT molecular complexity index is 1090. The summed E-state index contributed by atoms with van der Waals surface area (Å²) in [5.41, 5.74) is 7.48. The number of imidazole rings is 1. The van der Waals surface area contributed by atoms with Gasteiger partial charge in [-0.05, 0) is 37.3 Å². The van der Waals surface area contributed by atoms with Crippen molar-refractivity contribution in [3.63, 3.8) is 0 Å². The average molecular weight is 365 g/mol. The molecular formula is C15H13ClN4O3S. The van der Waals surface area contributed by atoms with Gasteiger partial charge in [0, 0.05) is 5.56 Å². The van der Waals surface area contributed by atoms with E-state index in [9.17, 15) is 13.2 Å². The van der Waals surface area contributed by atoms with Crippen LogP contribution in [0.2, 0.25) is 5.02 Å². The molecule has 0 saturated heterocycles. The Morgan fingerprint density at radius 2 is 1.96 bits per heavy atom. The van der Waals surface area contributed by atoms with E-state index in [1.165, 1.54) is 16.7 Å². The molecule has 0 fully saturated rings. The van der Waals surface area contributed by atoms with Crippen LogP contribution in [0.3, 0.4) is 0 Å². The topological polar surface area (TPSA) is 121 Å². The Hall–Kier alpha value is -2.42. The van der Waals surface area contributed by atoms with Gasteiger partial charge in [-0.2, -0.15) is 0 Å². The smallest absolute Gasteiger partial charge is 0.263 e. The van der Waals surface area contributed by atoms with Crippen LogP contribution in [0.5, 0.6) is 0 Å². The Labute approximate surface area is 142 Å². The number of aromatic nitrogens is 2. The van der Waals surface area contributed by atoms with Crippen molar-refractivity contribution >= 4 is 44.3 Å². The number of aryl methyl sites for hydroxylation is 1. The van der Waals surface area contributed by atoms with Crippen LogP contribution < -0.4 is 10.9 Å². The Morgan fingerprint density at radius 1 is 1.25 bits per heavy atom. The highest BCUT2D eigenvalue weighted by molar-refractivity contribution is 7.89. The molecule has 4 N–H and O–H groups in total. The van der Waals surface area contributed by atoms with Crippen molar-refractivity contribution < 1.29 is 13.2 Å². The number of hydrogen-bond donors (Lipinski definition) is 2. The van der Waals surface area contributed by atoms with Crippen molar-refractivity contribution in [2.75, 3.05) is 5.73 Å². The number of halogens is 1. The molecule has 0 bridgehead atoms. The number of nitrogens with zero attached hydrogens (tertiary/aromatic N) is 2. The van der Waals surface area contributed by atoms with E-state index in [-0.39, 0.29) is 15.5 Å². The quantitative estimate of drug-likeness (QED) is 0.673. The number of sulfonamides is 1. The summed E-state index contributed by atoms with van der Waals surface area (Å²) in [6.45, 7) is 1.66. The zero-order chi connectivity index (χ0) is 17.6. The summed E-state index contributed by atoms with van der Waals surface area (Å²) in [6, 6.07) is 9.00. The number of benzene rings is 2. The molecule has 0 unspecified atom stereocenters. The molecule has 0 aliphatic carbocycles. The van der Waals surface area contributed by atoms with Crippen molar-refractivity contribution in [3.05, 3.63) is 52.8 Å². The zero-order valence-corrected chi connectivity index (χ0v) is 14.1. The van der Waals surface area contributed by atoms with E-state index < -0.39 is 15.9 Å². The standard InChI is InChI=1S/C15H13ClN4O3S/c1-8-19-14-11(17)3-2-4-12(14)20(8)15(21)9-5-6-10(16)13(7-9)24(18,22)23/h2-7H,17H2,1H3,(H2,18,22,23). The zero-order valence-electron chi connectivity index (χ0n) is 12.5. The van der Waals surface area contributed by atoms with E-state index in [2.05, 4.69) is 4.98 Å². The van der Waals surface area contributed by atoms with Gasteiger partial charge in [-0.1, -0.05) is 17.7 Å². The van der Waals surface area contributed by atoms with Crippen LogP contribution in [0.15, 0.2) is 41.3 Å². The monoisotopic (exact) mass is 364 g/mol. The van der Waals surface area contributed by atoms with E-state index >= 15 is 0 Å². The third-order valence-electron chi connectivity index (χ3n) is 3.57. The van der Waals surface area contributed by atoms with Crippen molar-refractivity contribution in [1.29, 1.82) is 0 Å². The summed E-state index contributed by atoms with van der Waals surface area (Å²) < 4.78 is 24.5. The van der Waals surface area contributed by atoms with E-state index in [4.69, 9.17) is 22.5 Å². The predicted octanol–water partition coefficient (Wildman–Crippen LogP) is 1.92. The van der Waals surface area contributed by atoms with Crippen LogP contribution in [0, 0.1) is 6.92 Å². The molecule has 0 atom stereocenters. The largest absolute Gasteiger partial charge is 0.397 e. The fourth-order valence-corrected chi connectivity index (χ4v) is 3.55. The molecule has 3 aromatic rings. The number of fused-ring (bicyclic) bond motifs is 1. The molecule has 2 aromatic carbocycles. The summed E-state index contributed by atoms with van der Waals surface area (Å²) in [5, 5.41) is 5.08. The first-order valence-electron chi connectivity index (χ1n) is 6.81. The summed E-state index contributed by atoms with van der Waals surface area (Å²) >= 11 is 5.85. The molecule has 124 valence electrons. The van der Waals surface area contributed by atoms with Gasteiger partial charge < -0.3 is 5.73 Å². The molecule has 9 heteroatoms. The molecule has 0 radical (unpaired) electrons. The number of carbonyl (C=O) groups excluding carboxylic acids is 1. The number of hydrogen-bond acceptors (Lipinski definition) is 5. The number of anilines is 1. The third kappa shape index (κ3) is 2.64. The number of nitrogens with two attached hydrogens (primary N) is 2. The number of para-hydroxylation sites is 1. The molecule has 3 rings (SSSR count). The SMILES string of the molecule is Cc1nc2c(N)cccc2n1C(=O)c1ccc(Cl)c(S(N)(=O)=O)c1. The van der Waals surface area contributed by atoms with Gasteiger partial charge in [0.2, 0.25) is 10.0 Å². The lowest BCUT2D eigenvalue weighted by Crippen LogP contribution is -2.17. The molecule has 0 aliphatic rings. The van der Waals surface area contributed by atoms with Crippen LogP contribution in [0.25, 0.3) is 11.0 Å². The van der Waals surface area contributed by atoms with Crippen molar-refractivity contribution in [3.8, 4) is 0 Å². The second-order valence-corrected chi connectivity index (χ2v) is 7.14. The molecule has 24 heavy (non-hydrogen) atoms. The van der Waals surface area contributed by atoms with Crippen LogP contribution in [-0.2, 0) is 10.0 Å². The summed E-state index contributed by atoms with van der Waals surface area (Å²) in [5.74, 6) is -0.0258. The summed E-state index contributed by atoms with van der Waals surface area (Å²) in [4.78, 5) is 16.8. The first-order chi connectivity index (χ1) is 11.2.